The monoisotopic (exact) mass is 473 g/mol. The molecular formula is C22H27N5O3S2. The van der Waals surface area contributed by atoms with Crippen molar-refractivity contribution in [2.45, 2.75) is 14.9 Å². The Balaban J connectivity index is 1.23. The van der Waals surface area contributed by atoms with E-state index >= 15 is 0 Å². The molecule has 2 aliphatic heterocycles. The standard InChI is InChI=1S/C22H27N5O3S2/c28-19(27-12-14-30-15-13-27)16-25-8-10-26(11-9-25)20(29)17-31-21-22(24-7-6-23-21)32-18-4-2-1-3-5-18/h1-7H,8-17H2. The van der Waals surface area contributed by atoms with E-state index in [1.54, 1.807) is 24.2 Å². The molecule has 10 heteroatoms. The third kappa shape index (κ3) is 6.44. The lowest BCUT2D eigenvalue weighted by molar-refractivity contribution is -0.137. The number of thioether (sulfide) groups is 1. The maximum Gasteiger partial charge on any atom is 0.236 e. The summed E-state index contributed by atoms with van der Waals surface area (Å²) in [5, 5.41) is 1.58. The minimum Gasteiger partial charge on any atom is -0.378 e. The fraction of sp³-hybridized carbons (Fsp3) is 0.455. The van der Waals surface area contributed by atoms with Gasteiger partial charge in [0.15, 0.2) is 0 Å². The van der Waals surface area contributed by atoms with Crippen LogP contribution < -0.4 is 0 Å². The predicted octanol–water partition coefficient (Wildman–Crippen LogP) is 1.72. The van der Waals surface area contributed by atoms with Crippen molar-refractivity contribution in [1.82, 2.24) is 24.7 Å². The first-order chi connectivity index (χ1) is 15.7. The molecule has 0 atom stereocenters. The van der Waals surface area contributed by atoms with E-state index in [9.17, 15) is 9.59 Å². The molecule has 3 heterocycles. The number of hydrogen-bond acceptors (Lipinski definition) is 8. The molecule has 170 valence electrons. The van der Waals surface area contributed by atoms with Gasteiger partial charge in [-0.15, -0.1) is 0 Å². The molecule has 2 aromatic rings. The highest BCUT2D eigenvalue weighted by molar-refractivity contribution is 8.02. The molecule has 2 saturated heterocycles. The van der Waals surface area contributed by atoms with Crippen molar-refractivity contribution in [3.8, 4) is 0 Å². The zero-order valence-electron chi connectivity index (χ0n) is 17.9. The van der Waals surface area contributed by atoms with Crippen LogP contribution in [-0.4, -0.2) is 101 Å². The second-order valence-electron chi connectivity index (χ2n) is 7.52. The Morgan fingerprint density at radius 2 is 1.50 bits per heavy atom. The van der Waals surface area contributed by atoms with E-state index in [2.05, 4.69) is 14.9 Å². The Morgan fingerprint density at radius 1 is 0.844 bits per heavy atom. The highest BCUT2D eigenvalue weighted by atomic mass is 32.2. The number of piperazine rings is 1. The highest BCUT2D eigenvalue weighted by Crippen LogP contribution is 2.32. The largest absolute Gasteiger partial charge is 0.378 e. The van der Waals surface area contributed by atoms with Gasteiger partial charge in [-0.2, -0.15) is 0 Å². The number of amides is 2. The molecule has 0 saturated carbocycles. The second-order valence-corrected chi connectivity index (χ2v) is 9.55. The van der Waals surface area contributed by atoms with Crippen LogP contribution in [0.1, 0.15) is 0 Å². The fourth-order valence-corrected chi connectivity index (χ4v) is 5.39. The van der Waals surface area contributed by atoms with Crippen molar-refractivity contribution in [1.29, 1.82) is 0 Å². The average Bonchev–Trinajstić information content (AvgIpc) is 2.85. The molecular weight excluding hydrogens is 446 g/mol. The molecule has 2 aliphatic rings. The number of ether oxygens (including phenoxy) is 1. The lowest BCUT2D eigenvalue weighted by Crippen LogP contribution is -2.53. The number of carbonyl (C=O) groups excluding carboxylic acids is 2. The SMILES string of the molecule is O=C(CSc1nccnc1Sc1ccccc1)N1CCN(CC(=O)N2CCOCC2)CC1. The summed E-state index contributed by atoms with van der Waals surface area (Å²) >= 11 is 2.98. The Labute approximate surface area is 196 Å². The van der Waals surface area contributed by atoms with Gasteiger partial charge < -0.3 is 14.5 Å². The summed E-state index contributed by atoms with van der Waals surface area (Å²) in [5.41, 5.74) is 0. The Hall–Kier alpha value is -2.14. The quantitative estimate of drug-likeness (QED) is 0.563. The summed E-state index contributed by atoms with van der Waals surface area (Å²) in [6, 6.07) is 10.0. The highest BCUT2D eigenvalue weighted by Gasteiger charge is 2.25. The van der Waals surface area contributed by atoms with Crippen molar-refractivity contribution in [2.24, 2.45) is 0 Å². The third-order valence-corrected chi connectivity index (χ3v) is 7.46. The molecule has 0 bridgehead atoms. The Bertz CT molecular complexity index is 903. The maximum atomic E-state index is 12.8. The van der Waals surface area contributed by atoms with Crippen molar-refractivity contribution in [2.75, 3.05) is 64.8 Å². The molecule has 4 rings (SSSR count). The van der Waals surface area contributed by atoms with Crippen molar-refractivity contribution >= 4 is 35.3 Å². The van der Waals surface area contributed by atoms with E-state index in [0.29, 0.717) is 64.8 Å². The predicted molar refractivity (Wildman–Crippen MR) is 124 cm³/mol. The van der Waals surface area contributed by atoms with Crippen molar-refractivity contribution in [3.05, 3.63) is 42.7 Å². The molecule has 32 heavy (non-hydrogen) atoms. The summed E-state index contributed by atoms with van der Waals surface area (Å²) in [6.45, 7) is 5.69. The van der Waals surface area contributed by atoms with Crippen LogP contribution in [0.4, 0.5) is 0 Å². The lowest BCUT2D eigenvalue weighted by Gasteiger charge is -2.36. The number of aromatic nitrogens is 2. The summed E-state index contributed by atoms with van der Waals surface area (Å²) in [5.74, 6) is 0.568. The molecule has 1 aromatic carbocycles. The zero-order valence-corrected chi connectivity index (χ0v) is 19.5. The van der Waals surface area contributed by atoms with Crippen LogP contribution in [0.5, 0.6) is 0 Å². The zero-order chi connectivity index (χ0) is 22.2. The molecule has 0 spiro atoms. The van der Waals surface area contributed by atoms with Gasteiger partial charge in [0, 0.05) is 56.6 Å². The Kier molecular flexibility index (Phi) is 8.38. The first kappa shape index (κ1) is 23.0. The van der Waals surface area contributed by atoms with E-state index in [0.717, 1.165) is 14.9 Å². The number of rotatable bonds is 7. The van der Waals surface area contributed by atoms with Crippen molar-refractivity contribution in [3.63, 3.8) is 0 Å². The molecule has 8 nitrogen and oxygen atoms in total. The third-order valence-electron chi connectivity index (χ3n) is 5.37. The van der Waals surface area contributed by atoms with Gasteiger partial charge in [-0.1, -0.05) is 41.7 Å². The minimum absolute atomic E-state index is 0.0930. The van der Waals surface area contributed by atoms with Crippen LogP contribution in [0.15, 0.2) is 57.7 Å². The molecule has 2 amide bonds. The number of hydrogen-bond donors (Lipinski definition) is 0. The molecule has 2 fully saturated rings. The smallest absolute Gasteiger partial charge is 0.236 e. The number of benzene rings is 1. The first-order valence-electron chi connectivity index (χ1n) is 10.7. The second kappa shape index (κ2) is 11.6. The van der Waals surface area contributed by atoms with Gasteiger partial charge in [0.25, 0.3) is 0 Å². The normalized spacial score (nSPS) is 17.4. The molecule has 1 aromatic heterocycles. The van der Waals surface area contributed by atoms with E-state index < -0.39 is 0 Å². The maximum absolute atomic E-state index is 12.8. The van der Waals surface area contributed by atoms with Gasteiger partial charge in [0.1, 0.15) is 10.1 Å². The topological polar surface area (TPSA) is 78.9 Å². The van der Waals surface area contributed by atoms with Gasteiger partial charge in [-0.25, -0.2) is 9.97 Å². The summed E-state index contributed by atoms with van der Waals surface area (Å²) < 4.78 is 5.31. The number of morpholine rings is 1. The molecule has 0 aliphatic carbocycles. The first-order valence-corrected chi connectivity index (χ1v) is 12.5. The van der Waals surface area contributed by atoms with Gasteiger partial charge in [0.2, 0.25) is 11.8 Å². The summed E-state index contributed by atoms with van der Waals surface area (Å²) in [4.78, 5) is 41.0. The van der Waals surface area contributed by atoms with Gasteiger partial charge in [-0.3, -0.25) is 14.5 Å². The van der Waals surface area contributed by atoms with Gasteiger partial charge in [-0.05, 0) is 12.1 Å². The van der Waals surface area contributed by atoms with Gasteiger partial charge >= 0.3 is 0 Å². The number of carbonyl (C=O) groups is 2. The van der Waals surface area contributed by atoms with Crippen LogP contribution in [0, 0.1) is 0 Å². The molecule has 0 radical (unpaired) electrons. The van der Waals surface area contributed by atoms with Crippen LogP contribution >= 0.6 is 23.5 Å². The van der Waals surface area contributed by atoms with Crippen molar-refractivity contribution < 1.29 is 14.3 Å². The van der Waals surface area contributed by atoms with E-state index in [4.69, 9.17) is 4.74 Å². The van der Waals surface area contributed by atoms with Crippen LogP contribution in [0.2, 0.25) is 0 Å². The molecule has 0 N–H and O–H groups in total. The van der Waals surface area contributed by atoms with Crippen LogP contribution in [-0.2, 0) is 14.3 Å². The van der Waals surface area contributed by atoms with E-state index in [1.165, 1.54) is 11.8 Å². The number of nitrogens with zero attached hydrogens (tertiary/aromatic N) is 5. The lowest BCUT2D eigenvalue weighted by atomic mass is 10.3. The summed E-state index contributed by atoms with van der Waals surface area (Å²) in [7, 11) is 0. The van der Waals surface area contributed by atoms with Crippen LogP contribution in [0.25, 0.3) is 0 Å². The van der Waals surface area contributed by atoms with Crippen LogP contribution in [0.3, 0.4) is 0 Å². The minimum atomic E-state index is 0.0930. The fourth-order valence-electron chi connectivity index (χ4n) is 3.56. The Morgan fingerprint density at radius 3 is 2.22 bits per heavy atom. The molecule has 0 unspecified atom stereocenters. The van der Waals surface area contributed by atoms with E-state index in [1.807, 2.05) is 40.1 Å². The van der Waals surface area contributed by atoms with Gasteiger partial charge in [0.05, 0.1) is 25.5 Å². The van der Waals surface area contributed by atoms with E-state index in [-0.39, 0.29) is 11.8 Å². The summed E-state index contributed by atoms with van der Waals surface area (Å²) in [6.07, 6.45) is 3.33. The average molecular weight is 474 g/mol.